The zero-order valence-corrected chi connectivity index (χ0v) is 12.0. The Morgan fingerprint density at radius 1 is 1.58 bits per heavy atom. The second kappa shape index (κ2) is 6.91. The summed E-state index contributed by atoms with van der Waals surface area (Å²) in [5.74, 6) is 0.840. The summed E-state index contributed by atoms with van der Waals surface area (Å²) in [5.41, 5.74) is 0. The van der Waals surface area contributed by atoms with Gasteiger partial charge in [0.25, 0.3) is 0 Å². The molecule has 0 saturated carbocycles. The van der Waals surface area contributed by atoms with Gasteiger partial charge in [0.15, 0.2) is 0 Å². The molecule has 1 saturated heterocycles. The van der Waals surface area contributed by atoms with Crippen molar-refractivity contribution in [2.24, 2.45) is 5.92 Å². The van der Waals surface area contributed by atoms with Gasteiger partial charge in [-0.1, -0.05) is 0 Å². The molecule has 1 amide bonds. The number of likely N-dealkylation sites (tertiary alicyclic amines) is 1. The molecule has 2 atom stereocenters. The van der Waals surface area contributed by atoms with Crippen molar-refractivity contribution in [2.45, 2.75) is 30.8 Å². The molecule has 1 aromatic heterocycles. The average Bonchev–Trinajstić information content (AvgIpc) is 2.46. The van der Waals surface area contributed by atoms with Gasteiger partial charge < -0.3 is 10.0 Å². The minimum absolute atomic E-state index is 0.159. The number of nitrogens with zero attached hydrogens (tertiary/aromatic N) is 2. The maximum absolute atomic E-state index is 12.1. The molecule has 1 N–H and O–H groups in total. The third-order valence-electron chi connectivity index (χ3n) is 3.50. The molecule has 0 aliphatic carbocycles. The molecular weight excluding hydrogens is 260 g/mol. The minimum Gasteiger partial charge on any atom is -0.393 e. The number of aliphatic hydroxyl groups excluding tert-OH is 1. The first-order chi connectivity index (χ1) is 9.16. The summed E-state index contributed by atoms with van der Waals surface area (Å²) >= 11 is 1.54. The molecule has 5 heteroatoms. The van der Waals surface area contributed by atoms with Gasteiger partial charge in [-0.3, -0.25) is 9.78 Å². The molecule has 1 fully saturated rings. The van der Waals surface area contributed by atoms with Crippen molar-refractivity contribution in [3.63, 3.8) is 0 Å². The number of rotatable bonds is 4. The minimum atomic E-state index is -0.330. The number of aromatic nitrogens is 1. The fourth-order valence-corrected chi connectivity index (χ4v) is 3.09. The van der Waals surface area contributed by atoms with Crippen LogP contribution in [0.1, 0.15) is 19.8 Å². The second-order valence-electron chi connectivity index (χ2n) is 4.95. The van der Waals surface area contributed by atoms with E-state index in [0.717, 1.165) is 24.3 Å². The molecule has 0 spiro atoms. The largest absolute Gasteiger partial charge is 0.393 e. The molecule has 0 bridgehead atoms. The second-order valence-corrected chi connectivity index (χ2v) is 6.00. The van der Waals surface area contributed by atoms with E-state index >= 15 is 0 Å². The van der Waals surface area contributed by atoms with Gasteiger partial charge in [0.2, 0.25) is 5.91 Å². The smallest absolute Gasteiger partial charge is 0.232 e. The SMILES string of the molecule is CC(O)C1CCCN(C(=O)CSc2ccncc2)C1. The van der Waals surface area contributed by atoms with Crippen LogP contribution >= 0.6 is 11.8 Å². The molecule has 1 aliphatic rings. The van der Waals surface area contributed by atoms with E-state index in [2.05, 4.69) is 4.98 Å². The van der Waals surface area contributed by atoms with Gasteiger partial charge in [-0.25, -0.2) is 0 Å². The Labute approximate surface area is 118 Å². The maximum atomic E-state index is 12.1. The molecule has 0 radical (unpaired) electrons. The van der Waals surface area contributed by atoms with Gasteiger partial charge in [-0.05, 0) is 31.9 Å². The molecule has 2 unspecified atom stereocenters. The van der Waals surface area contributed by atoms with E-state index in [-0.39, 0.29) is 17.9 Å². The molecule has 2 rings (SSSR count). The van der Waals surface area contributed by atoms with E-state index in [1.165, 1.54) is 11.8 Å². The van der Waals surface area contributed by atoms with E-state index in [9.17, 15) is 9.90 Å². The zero-order valence-electron chi connectivity index (χ0n) is 11.2. The van der Waals surface area contributed by atoms with E-state index < -0.39 is 0 Å². The number of hydrogen-bond donors (Lipinski definition) is 1. The monoisotopic (exact) mass is 280 g/mol. The van der Waals surface area contributed by atoms with Crippen LogP contribution < -0.4 is 0 Å². The summed E-state index contributed by atoms with van der Waals surface area (Å²) < 4.78 is 0. The first-order valence-electron chi connectivity index (χ1n) is 6.65. The van der Waals surface area contributed by atoms with Crippen LogP contribution in [0.5, 0.6) is 0 Å². The zero-order chi connectivity index (χ0) is 13.7. The van der Waals surface area contributed by atoms with Crippen molar-refractivity contribution >= 4 is 17.7 Å². The summed E-state index contributed by atoms with van der Waals surface area (Å²) in [5, 5.41) is 9.63. The summed E-state index contributed by atoms with van der Waals surface area (Å²) in [7, 11) is 0. The Bertz CT molecular complexity index is 411. The van der Waals surface area contributed by atoms with E-state index in [0.29, 0.717) is 12.3 Å². The molecule has 2 heterocycles. The lowest BCUT2D eigenvalue weighted by Crippen LogP contribution is -2.43. The Morgan fingerprint density at radius 3 is 3.00 bits per heavy atom. The number of thioether (sulfide) groups is 1. The quantitative estimate of drug-likeness (QED) is 0.854. The predicted molar refractivity (Wildman–Crippen MR) is 75.9 cm³/mol. The van der Waals surface area contributed by atoms with Gasteiger partial charge in [0, 0.05) is 36.3 Å². The first kappa shape index (κ1) is 14.3. The van der Waals surface area contributed by atoms with Crippen molar-refractivity contribution in [2.75, 3.05) is 18.8 Å². The van der Waals surface area contributed by atoms with Gasteiger partial charge in [0.1, 0.15) is 0 Å². The van der Waals surface area contributed by atoms with Gasteiger partial charge in [-0.2, -0.15) is 0 Å². The Hall–Kier alpha value is -1.07. The first-order valence-corrected chi connectivity index (χ1v) is 7.64. The van der Waals surface area contributed by atoms with E-state index in [4.69, 9.17) is 0 Å². The highest BCUT2D eigenvalue weighted by Gasteiger charge is 2.26. The molecule has 104 valence electrons. The highest BCUT2D eigenvalue weighted by atomic mass is 32.2. The van der Waals surface area contributed by atoms with Crippen molar-refractivity contribution in [1.82, 2.24) is 9.88 Å². The number of pyridine rings is 1. The van der Waals surface area contributed by atoms with Gasteiger partial charge in [0.05, 0.1) is 11.9 Å². The van der Waals surface area contributed by atoms with Crippen molar-refractivity contribution < 1.29 is 9.90 Å². The normalized spacial score (nSPS) is 21.2. The highest BCUT2D eigenvalue weighted by Crippen LogP contribution is 2.22. The average molecular weight is 280 g/mol. The van der Waals surface area contributed by atoms with E-state index in [1.54, 1.807) is 12.4 Å². The van der Waals surface area contributed by atoms with Crippen LogP contribution in [0.25, 0.3) is 0 Å². The highest BCUT2D eigenvalue weighted by molar-refractivity contribution is 8.00. The van der Waals surface area contributed by atoms with Crippen molar-refractivity contribution in [1.29, 1.82) is 0 Å². The lowest BCUT2D eigenvalue weighted by Gasteiger charge is -2.34. The predicted octanol–water partition coefficient (Wildman–Crippen LogP) is 1.79. The van der Waals surface area contributed by atoms with Crippen LogP contribution in [-0.4, -0.2) is 45.8 Å². The Kier molecular flexibility index (Phi) is 5.22. The van der Waals surface area contributed by atoms with Crippen molar-refractivity contribution in [3.8, 4) is 0 Å². The van der Waals surface area contributed by atoms with Crippen LogP contribution in [-0.2, 0) is 4.79 Å². The fourth-order valence-electron chi connectivity index (χ4n) is 2.30. The van der Waals surface area contributed by atoms with Crippen LogP contribution in [0.4, 0.5) is 0 Å². The van der Waals surface area contributed by atoms with Gasteiger partial charge >= 0.3 is 0 Å². The standard InChI is InChI=1S/C14H20N2O2S/c1-11(17)12-3-2-8-16(9-12)14(18)10-19-13-4-6-15-7-5-13/h4-7,11-12,17H,2-3,8-10H2,1H3. The summed E-state index contributed by atoms with van der Waals surface area (Å²) in [6, 6.07) is 3.82. The Balaban J connectivity index is 1.83. The van der Waals surface area contributed by atoms with Crippen molar-refractivity contribution in [3.05, 3.63) is 24.5 Å². The lowest BCUT2D eigenvalue weighted by atomic mass is 9.93. The van der Waals surface area contributed by atoms with Crippen LogP contribution in [0, 0.1) is 5.92 Å². The topological polar surface area (TPSA) is 53.4 Å². The number of piperidine rings is 1. The van der Waals surface area contributed by atoms with E-state index in [1.807, 2.05) is 24.0 Å². The van der Waals surface area contributed by atoms with Crippen LogP contribution in [0.2, 0.25) is 0 Å². The number of hydrogen-bond acceptors (Lipinski definition) is 4. The third kappa shape index (κ3) is 4.21. The third-order valence-corrected chi connectivity index (χ3v) is 4.50. The van der Waals surface area contributed by atoms with Gasteiger partial charge in [-0.15, -0.1) is 11.8 Å². The lowest BCUT2D eigenvalue weighted by molar-refractivity contribution is -0.130. The fraction of sp³-hybridized carbons (Fsp3) is 0.571. The number of carbonyl (C=O) groups excluding carboxylic acids is 1. The molecule has 1 aromatic rings. The van der Waals surface area contributed by atoms with Crippen LogP contribution in [0.3, 0.4) is 0 Å². The van der Waals surface area contributed by atoms with Crippen LogP contribution in [0.15, 0.2) is 29.4 Å². The molecular formula is C14H20N2O2S. The number of aliphatic hydroxyl groups is 1. The summed E-state index contributed by atoms with van der Waals surface area (Å²) in [4.78, 5) is 19.0. The summed E-state index contributed by atoms with van der Waals surface area (Å²) in [6.07, 6.45) is 5.14. The molecule has 1 aliphatic heterocycles. The number of carbonyl (C=O) groups is 1. The Morgan fingerprint density at radius 2 is 2.32 bits per heavy atom. The summed E-state index contributed by atoms with van der Waals surface area (Å²) in [6.45, 7) is 3.32. The molecule has 0 aromatic carbocycles. The molecule has 4 nitrogen and oxygen atoms in total. The maximum Gasteiger partial charge on any atom is 0.232 e. The number of amides is 1. The molecule has 19 heavy (non-hydrogen) atoms.